The Morgan fingerprint density at radius 3 is 2.71 bits per heavy atom. The summed E-state index contributed by atoms with van der Waals surface area (Å²) >= 11 is 0. The summed E-state index contributed by atoms with van der Waals surface area (Å²) in [7, 11) is 1.63. The molecule has 0 saturated carbocycles. The van der Waals surface area contributed by atoms with Crippen LogP contribution in [-0.4, -0.2) is 25.6 Å². The van der Waals surface area contributed by atoms with Crippen molar-refractivity contribution >= 4 is 5.91 Å². The summed E-state index contributed by atoms with van der Waals surface area (Å²) < 4.78 is 5.94. The number of nitrogens with one attached hydrogen (secondary N) is 1. The number of ether oxygens (including phenoxy) is 1. The summed E-state index contributed by atoms with van der Waals surface area (Å²) in [4.78, 5) is 11.6. The third-order valence-electron chi connectivity index (χ3n) is 3.78. The van der Waals surface area contributed by atoms with Crippen LogP contribution in [0.25, 0.3) is 11.1 Å². The molecule has 3 rings (SSSR count). The maximum Gasteiger partial charge on any atom is 0.251 e. The van der Waals surface area contributed by atoms with E-state index < -0.39 is 0 Å². The van der Waals surface area contributed by atoms with Gasteiger partial charge in [-0.2, -0.15) is 0 Å². The maximum absolute atomic E-state index is 11.6. The molecule has 0 spiro atoms. The predicted octanol–water partition coefficient (Wildman–Crippen LogP) is 1.98. The Balaban J connectivity index is 1.95. The molecule has 1 atom stereocenters. The largest absolute Gasteiger partial charge is 0.488 e. The average Bonchev–Trinajstić information content (AvgIpc) is 2.97. The van der Waals surface area contributed by atoms with Gasteiger partial charge in [0.1, 0.15) is 11.9 Å². The number of carbonyl (C=O) groups is 1. The number of carbonyl (C=O) groups excluding carboxylic acids is 1. The standard InChI is InChI=1S/C17H18N2O2/c1-19-17(20)12-7-5-11(6-8-12)15-4-2-3-13-9-14(10-18)21-16(13)15/h2-8,14H,9-10,18H2,1H3,(H,19,20). The normalized spacial score (nSPS) is 16.2. The first-order valence-electron chi connectivity index (χ1n) is 7.04. The van der Waals surface area contributed by atoms with Gasteiger partial charge < -0.3 is 15.8 Å². The third kappa shape index (κ3) is 2.50. The zero-order valence-electron chi connectivity index (χ0n) is 11.9. The van der Waals surface area contributed by atoms with Crippen molar-refractivity contribution in [1.29, 1.82) is 0 Å². The Morgan fingerprint density at radius 1 is 1.29 bits per heavy atom. The van der Waals surface area contributed by atoms with E-state index in [1.807, 2.05) is 36.4 Å². The van der Waals surface area contributed by atoms with Crippen molar-refractivity contribution in [2.24, 2.45) is 5.73 Å². The average molecular weight is 282 g/mol. The molecule has 0 radical (unpaired) electrons. The van der Waals surface area contributed by atoms with Crippen molar-refractivity contribution in [3.05, 3.63) is 53.6 Å². The van der Waals surface area contributed by atoms with Gasteiger partial charge in [0.05, 0.1) is 0 Å². The highest BCUT2D eigenvalue weighted by molar-refractivity contribution is 5.94. The van der Waals surface area contributed by atoms with E-state index in [9.17, 15) is 4.79 Å². The van der Waals surface area contributed by atoms with Crippen molar-refractivity contribution in [3.8, 4) is 16.9 Å². The highest BCUT2D eigenvalue weighted by Gasteiger charge is 2.24. The van der Waals surface area contributed by atoms with Crippen molar-refractivity contribution in [2.45, 2.75) is 12.5 Å². The molecule has 2 aromatic carbocycles. The minimum atomic E-state index is -0.0840. The van der Waals surface area contributed by atoms with Gasteiger partial charge in [-0.05, 0) is 23.3 Å². The minimum absolute atomic E-state index is 0.0614. The number of benzene rings is 2. The summed E-state index contributed by atoms with van der Waals surface area (Å²) in [5.74, 6) is 0.833. The molecule has 1 aliphatic heterocycles. The maximum atomic E-state index is 11.6. The van der Waals surface area contributed by atoms with Crippen LogP contribution in [0.15, 0.2) is 42.5 Å². The molecule has 4 heteroatoms. The lowest BCUT2D eigenvalue weighted by Gasteiger charge is -2.11. The molecule has 0 aromatic heterocycles. The van der Waals surface area contributed by atoms with E-state index in [-0.39, 0.29) is 12.0 Å². The van der Waals surface area contributed by atoms with E-state index in [4.69, 9.17) is 10.5 Å². The highest BCUT2D eigenvalue weighted by atomic mass is 16.5. The molecule has 21 heavy (non-hydrogen) atoms. The molecular weight excluding hydrogens is 264 g/mol. The molecular formula is C17H18N2O2. The van der Waals surface area contributed by atoms with Crippen LogP contribution < -0.4 is 15.8 Å². The van der Waals surface area contributed by atoms with Gasteiger partial charge in [-0.1, -0.05) is 30.3 Å². The van der Waals surface area contributed by atoms with Gasteiger partial charge in [-0.3, -0.25) is 4.79 Å². The fourth-order valence-electron chi connectivity index (χ4n) is 2.64. The quantitative estimate of drug-likeness (QED) is 0.904. The zero-order chi connectivity index (χ0) is 14.8. The summed E-state index contributed by atoms with van der Waals surface area (Å²) in [6.07, 6.45) is 0.919. The van der Waals surface area contributed by atoms with Crippen LogP contribution >= 0.6 is 0 Å². The smallest absolute Gasteiger partial charge is 0.251 e. The Kier molecular flexibility index (Phi) is 3.62. The molecule has 0 saturated heterocycles. The summed E-state index contributed by atoms with van der Waals surface area (Å²) in [5, 5.41) is 2.62. The minimum Gasteiger partial charge on any atom is -0.488 e. The number of hydrogen-bond acceptors (Lipinski definition) is 3. The fourth-order valence-corrected chi connectivity index (χ4v) is 2.64. The van der Waals surface area contributed by atoms with Crippen LogP contribution in [0.3, 0.4) is 0 Å². The topological polar surface area (TPSA) is 64.3 Å². The van der Waals surface area contributed by atoms with Crippen molar-refractivity contribution < 1.29 is 9.53 Å². The SMILES string of the molecule is CNC(=O)c1ccc(-c2cccc3c2OC(CN)C3)cc1. The van der Waals surface area contributed by atoms with Crippen LogP contribution in [0.4, 0.5) is 0 Å². The van der Waals surface area contributed by atoms with Crippen LogP contribution in [0, 0.1) is 0 Å². The van der Waals surface area contributed by atoms with Gasteiger partial charge in [-0.15, -0.1) is 0 Å². The number of hydrogen-bond donors (Lipinski definition) is 2. The van der Waals surface area contributed by atoms with Crippen LogP contribution in [-0.2, 0) is 6.42 Å². The molecule has 1 aliphatic rings. The number of rotatable bonds is 3. The first kappa shape index (κ1) is 13.6. The lowest BCUT2D eigenvalue weighted by Crippen LogP contribution is -2.24. The Labute approximate surface area is 123 Å². The second-order valence-electron chi connectivity index (χ2n) is 5.13. The number of fused-ring (bicyclic) bond motifs is 1. The van der Waals surface area contributed by atoms with Gasteiger partial charge in [0.2, 0.25) is 0 Å². The van der Waals surface area contributed by atoms with Crippen LogP contribution in [0.1, 0.15) is 15.9 Å². The van der Waals surface area contributed by atoms with Gasteiger partial charge in [0.25, 0.3) is 5.91 Å². The van der Waals surface area contributed by atoms with E-state index in [0.717, 1.165) is 23.3 Å². The van der Waals surface area contributed by atoms with E-state index in [1.165, 1.54) is 5.56 Å². The number of amides is 1. The van der Waals surface area contributed by atoms with Gasteiger partial charge in [0, 0.05) is 31.1 Å². The molecule has 2 aromatic rings. The third-order valence-corrected chi connectivity index (χ3v) is 3.78. The molecule has 1 heterocycles. The zero-order valence-corrected chi connectivity index (χ0v) is 11.9. The Bertz CT molecular complexity index is 665. The molecule has 0 aliphatic carbocycles. The molecule has 0 fully saturated rings. The number of para-hydroxylation sites is 1. The molecule has 0 bridgehead atoms. The van der Waals surface area contributed by atoms with E-state index >= 15 is 0 Å². The van der Waals surface area contributed by atoms with E-state index in [2.05, 4.69) is 11.4 Å². The summed E-state index contributed by atoms with van der Waals surface area (Å²) in [6.45, 7) is 0.518. The second kappa shape index (κ2) is 5.58. The first-order chi connectivity index (χ1) is 10.2. The second-order valence-corrected chi connectivity index (χ2v) is 5.13. The predicted molar refractivity (Wildman–Crippen MR) is 82.4 cm³/mol. The Morgan fingerprint density at radius 2 is 2.05 bits per heavy atom. The monoisotopic (exact) mass is 282 g/mol. The van der Waals surface area contributed by atoms with Gasteiger partial charge in [0.15, 0.2) is 0 Å². The highest BCUT2D eigenvalue weighted by Crippen LogP contribution is 2.38. The molecule has 1 amide bonds. The van der Waals surface area contributed by atoms with Gasteiger partial charge in [-0.25, -0.2) is 0 Å². The van der Waals surface area contributed by atoms with E-state index in [1.54, 1.807) is 7.05 Å². The van der Waals surface area contributed by atoms with Crippen LogP contribution in [0.5, 0.6) is 5.75 Å². The van der Waals surface area contributed by atoms with Crippen molar-refractivity contribution in [3.63, 3.8) is 0 Å². The molecule has 4 nitrogen and oxygen atoms in total. The fraction of sp³-hybridized carbons (Fsp3) is 0.235. The number of nitrogens with two attached hydrogens (primary N) is 1. The molecule has 108 valence electrons. The summed E-state index contributed by atoms with van der Waals surface area (Å²) in [6, 6.07) is 13.7. The van der Waals surface area contributed by atoms with Crippen molar-refractivity contribution in [2.75, 3.05) is 13.6 Å². The Hall–Kier alpha value is -2.33. The lowest BCUT2D eigenvalue weighted by molar-refractivity contribution is 0.0963. The van der Waals surface area contributed by atoms with Crippen molar-refractivity contribution in [1.82, 2.24) is 5.32 Å². The first-order valence-corrected chi connectivity index (χ1v) is 7.04. The van der Waals surface area contributed by atoms with Gasteiger partial charge >= 0.3 is 0 Å². The van der Waals surface area contributed by atoms with E-state index in [0.29, 0.717) is 12.1 Å². The van der Waals surface area contributed by atoms with Crippen LogP contribution in [0.2, 0.25) is 0 Å². The molecule has 3 N–H and O–H groups in total. The molecule has 1 unspecified atom stereocenters. The lowest BCUT2D eigenvalue weighted by atomic mass is 9.99. The summed E-state index contributed by atoms with van der Waals surface area (Å²) in [5.41, 5.74) is 9.63.